The Balaban J connectivity index is 1.73. The molecule has 2 amide bonds. The van der Waals surface area contributed by atoms with Gasteiger partial charge in [-0.1, -0.05) is 25.1 Å². The molecule has 1 heterocycles. The normalized spacial score (nSPS) is 10.7. The average molecular weight is 404 g/mol. The molecule has 2 aromatic carbocycles. The van der Waals surface area contributed by atoms with Crippen LogP contribution in [0.15, 0.2) is 60.7 Å². The summed E-state index contributed by atoms with van der Waals surface area (Å²) >= 11 is 0. The third-order valence-corrected chi connectivity index (χ3v) is 5.18. The Labute approximate surface area is 178 Å². The van der Waals surface area contributed by atoms with Crippen LogP contribution < -0.4 is 5.32 Å². The number of benzene rings is 2. The van der Waals surface area contributed by atoms with Crippen LogP contribution in [0, 0.1) is 20.8 Å². The predicted molar refractivity (Wildman–Crippen MR) is 121 cm³/mol. The second kappa shape index (κ2) is 9.44. The van der Waals surface area contributed by atoms with Crippen LogP contribution >= 0.6 is 0 Å². The number of aryl methyl sites for hydroxylation is 3. The van der Waals surface area contributed by atoms with E-state index >= 15 is 0 Å². The second-order valence-corrected chi connectivity index (χ2v) is 7.59. The summed E-state index contributed by atoms with van der Waals surface area (Å²) < 4.78 is 2.15. The van der Waals surface area contributed by atoms with E-state index in [9.17, 15) is 9.59 Å². The highest BCUT2D eigenvalue weighted by molar-refractivity contribution is 5.99. The molecule has 0 unspecified atom stereocenters. The molecule has 0 fully saturated rings. The first kappa shape index (κ1) is 21.4. The van der Waals surface area contributed by atoms with Gasteiger partial charge >= 0.3 is 0 Å². The summed E-state index contributed by atoms with van der Waals surface area (Å²) in [7, 11) is 0. The molecule has 3 aromatic rings. The molecule has 0 saturated heterocycles. The summed E-state index contributed by atoms with van der Waals surface area (Å²) in [4.78, 5) is 27.2. The van der Waals surface area contributed by atoms with Crippen LogP contribution in [0.2, 0.25) is 0 Å². The SMILES string of the molecule is CCCN(CC(=O)Nc1ccccc1C)C(=O)c1ccc(-n2c(C)ccc2C)cc1. The molecule has 0 aliphatic rings. The Bertz CT molecular complexity index is 1020. The van der Waals surface area contributed by atoms with Gasteiger partial charge in [-0.25, -0.2) is 0 Å². The van der Waals surface area contributed by atoms with E-state index in [1.807, 2.05) is 62.4 Å². The summed E-state index contributed by atoms with van der Waals surface area (Å²) in [5.41, 5.74) is 5.65. The van der Waals surface area contributed by atoms with E-state index < -0.39 is 0 Å². The van der Waals surface area contributed by atoms with Crippen molar-refractivity contribution in [3.05, 3.63) is 83.2 Å². The number of aromatic nitrogens is 1. The summed E-state index contributed by atoms with van der Waals surface area (Å²) in [6.07, 6.45) is 0.781. The zero-order valence-electron chi connectivity index (χ0n) is 18.1. The van der Waals surface area contributed by atoms with Crippen molar-refractivity contribution in [2.24, 2.45) is 0 Å². The van der Waals surface area contributed by atoms with Crippen molar-refractivity contribution >= 4 is 17.5 Å². The Morgan fingerprint density at radius 2 is 1.53 bits per heavy atom. The van der Waals surface area contributed by atoms with Gasteiger partial charge in [0.1, 0.15) is 6.54 Å². The van der Waals surface area contributed by atoms with Gasteiger partial charge in [0, 0.05) is 34.9 Å². The largest absolute Gasteiger partial charge is 0.329 e. The number of para-hydroxylation sites is 1. The van der Waals surface area contributed by atoms with Crippen LogP contribution in [0.1, 0.15) is 40.7 Å². The molecule has 0 bridgehead atoms. The first-order chi connectivity index (χ1) is 14.4. The predicted octanol–water partition coefficient (Wildman–Crippen LogP) is 4.89. The molecule has 1 N–H and O–H groups in total. The molecule has 0 atom stereocenters. The van der Waals surface area contributed by atoms with Crippen molar-refractivity contribution in [3.63, 3.8) is 0 Å². The zero-order valence-corrected chi connectivity index (χ0v) is 18.1. The van der Waals surface area contributed by atoms with Gasteiger partial charge in [0.15, 0.2) is 0 Å². The first-order valence-electron chi connectivity index (χ1n) is 10.3. The molecular weight excluding hydrogens is 374 g/mol. The smallest absolute Gasteiger partial charge is 0.254 e. The van der Waals surface area contributed by atoms with E-state index in [1.165, 1.54) is 0 Å². The van der Waals surface area contributed by atoms with Crippen molar-refractivity contribution < 1.29 is 9.59 Å². The maximum Gasteiger partial charge on any atom is 0.254 e. The topological polar surface area (TPSA) is 54.3 Å². The number of anilines is 1. The Kier molecular flexibility index (Phi) is 6.72. The third-order valence-electron chi connectivity index (χ3n) is 5.18. The van der Waals surface area contributed by atoms with Gasteiger partial charge in [-0.2, -0.15) is 0 Å². The highest BCUT2D eigenvalue weighted by atomic mass is 16.2. The lowest BCUT2D eigenvalue weighted by molar-refractivity contribution is -0.116. The molecule has 5 nitrogen and oxygen atoms in total. The Morgan fingerprint density at radius 1 is 0.900 bits per heavy atom. The summed E-state index contributed by atoms with van der Waals surface area (Å²) in [6, 6.07) is 19.3. The Hall–Kier alpha value is -3.34. The second-order valence-electron chi connectivity index (χ2n) is 7.59. The van der Waals surface area contributed by atoms with Crippen LogP contribution in [-0.4, -0.2) is 34.4 Å². The maximum atomic E-state index is 13.1. The Morgan fingerprint density at radius 3 is 2.13 bits per heavy atom. The van der Waals surface area contributed by atoms with E-state index in [0.29, 0.717) is 12.1 Å². The summed E-state index contributed by atoms with van der Waals surface area (Å²) in [5.74, 6) is -0.328. The van der Waals surface area contributed by atoms with Crippen molar-refractivity contribution in [3.8, 4) is 5.69 Å². The lowest BCUT2D eigenvalue weighted by Gasteiger charge is -2.22. The summed E-state index contributed by atoms with van der Waals surface area (Å²) in [6.45, 7) is 8.61. The summed E-state index contributed by atoms with van der Waals surface area (Å²) in [5, 5.41) is 2.91. The molecule has 1 aromatic heterocycles. The first-order valence-corrected chi connectivity index (χ1v) is 10.3. The number of nitrogens with zero attached hydrogens (tertiary/aromatic N) is 2. The number of hydrogen-bond acceptors (Lipinski definition) is 2. The van der Waals surface area contributed by atoms with E-state index in [2.05, 4.69) is 35.9 Å². The van der Waals surface area contributed by atoms with Crippen molar-refractivity contribution in [1.29, 1.82) is 0 Å². The van der Waals surface area contributed by atoms with E-state index in [0.717, 1.165) is 34.7 Å². The van der Waals surface area contributed by atoms with Crippen LogP contribution in [0.3, 0.4) is 0 Å². The number of carbonyl (C=O) groups excluding carboxylic acids is 2. The fraction of sp³-hybridized carbons (Fsp3) is 0.280. The molecular formula is C25H29N3O2. The zero-order chi connectivity index (χ0) is 21.7. The molecule has 5 heteroatoms. The molecule has 0 saturated carbocycles. The van der Waals surface area contributed by atoms with Gasteiger partial charge in [-0.3, -0.25) is 9.59 Å². The number of amides is 2. The van der Waals surface area contributed by atoms with Gasteiger partial charge in [0.25, 0.3) is 5.91 Å². The fourth-order valence-electron chi connectivity index (χ4n) is 3.61. The molecule has 0 aliphatic heterocycles. The number of carbonyl (C=O) groups is 2. The van der Waals surface area contributed by atoms with Crippen molar-refractivity contribution in [1.82, 2.24) is 9.47 Å². The van der Waals surface area contributed by atoms with Crippen LogP contribution in [0.4, 0.5) is 5.69 Å². The van der Waals surface area contributed by atoms with Gasteiger partial charge < -0.3 is 14.8 Å². The third kappa shape index (κ3) is 4.79. The standard InChI is InChI=1S/C25H29N3O2/c1-5-16-27(17-24(29)26-23-9-7-6-8-18(23)2)25(30)21-12-14-22(15-13-21)28-19(3)10-11-20(28)4/h6-15H,5,16-17H2,1-4H3,(H,26,29). The molecule has 0 spiro atoms. The highest BCUT2D eigenvalue weighted by Crippen LogP contribution is 2.18. The van der Waals surface area contributed by atoms with Gasteiger partial charge in [-0.15, -0.1) is 0 Å². The van der Waals surface area contributed by atoms with E-state index in [4.69, 9.17) is 0 Å². The van der Waals surface area contributed by atoms with E-state index in [1.54, 1.807) is 4.90 Å². The van der Waals surface area contributed by atoms with Crippen molar-refractivity contribution in [2.45, 2.75) is 34.1 Å². The van der Waals surface area contributed by atoms with E-state index in [-0.39, 0.29) is 18.4 Å². The van der Waals surface area contributed by atoms with Gasteiger partial charge in [0.2, 0.25) is 5.91 Å². The van der Waals surface area contributed by atoms with Crippen LogP contribution in [0.25, 0.3) is 5.69 Å². The molecule has 30 heavy (non-hydrogen) atoms. The quantitative estimate of drug-likeness (QED) is 0.610. The molecule has 156 valence electrons. The minimum Gasteiger partial charge on any atom is -0.329 e. The average Bonchev–Trinajstić information content (AvgIpc) is 3.07. The van der Waals surface area contributed by atoms with Crippen LogP contribution in [-0.2, 0) is 4.79 Å². The molecule has 3 rings (SSSR count). The maximum absolute atomic E-state index is 13.1. The van der Waals surface area contributed by atoms with Gasteiger partial charge in [-0.05, 0) is 75.2 Å². The minimum absolute atomic E-state index is 0.0264. The van der Waals surface area contributed by atoms with Gasteiger partial charge in [0.05, 0.1) is 0 Å². The van der Waals surface area contributed by atoms with Crippen LogP contribution in [0.5, 0.6) is 0 Å². The molecule has 0 radical (unpaired) electrons. The highest BCUT2D eigenvalue weighted by Gasteiger charge is 2.19. The number of nitrogens with one attached hydrogen (secondary N) is 1. The fourth-order valence-corrected chi connectivity index (χ4v) is 3.61. The molecule has 0 aliphatic carbocycles. The monoisotopic (exact) mass is 403 g/mol. The minimum atomic E-state index is -0.193. The number of hydrogen-bond donors (Lipinski definition) is 1. The number of rotatable bonds is 7. The lowest BCUT2D eigenvalue weighted by atomic mass is 10.1. The lowest BCUT2D eigenvalue weighted by Crippen LogP contribution is -2.38. The van der Waals surface area contributed by atoms with Crippen molar-refractivity contribution in [2.75, 3.05) is 18.4 Å².